The maximum absolute atomic E-state index is 13.5. The van der Waals surface area contributed by atoms with Crippen molar-refractivity contribution in [2.45, 2.75) is 19.1 Å². The molecule has 0 aromatic heterocycles. The Bertz CT molecular complexity index is 358. The van der Waals surface area contributed by atoms with Crippen molar-refractivity contribution in [3.05, 3.63) is 29.8 Å². The van der Waals surface area contributed by atoms with Gasteiger partial charge in [0.1, 0.15) is 5.75 Å². The van der Waals surface area contributed by atoms with E-state index in [0.717, 1.165) is 0 Å². The number of nitrogens with two attached hydrogens (primary N) is 1. The molecular formula is C11H15ClFNO3. The standard InChI is InChI=1S/C11H14FNO3.ClH/c1-2-16-11(15)9(12)10(13)7-3-5-8(14)6-4-7;/h3-6,9-10,14H,2,13H2,1H3;1H/t9?,10-;/m1./s1. The molecule has 3 N–H and O–H groups in total. The molecule has 0 saturated heterocycles. The molecule has 1 aromatic carbocycles. The molecule has 6 heteroatoms. The first kappa shape index (κ1) is 15.7. The summed E-state index contributed by atoms with van der Waals surface area (Å²) in [5.74, 6) is -0.912. The molecule has 1 unspecified atom stereocenters. The number of phenols is 1. The Kier molecular flexibility index (Phi) is 6.53. The van der Waals surface area contributed by atoms with E-state index in [1.54, 1.807) is 6.92 Å². The van der Waals surface area contributed by atoms with Crippen molar-refractivity contribution in [3.63, 3.8) is 0 Å². The van der Waals surface area contributed by atoms with E-state index >= 15 is 0 Å². The molecular weight excluding hydrogens is 249 g/mol. The van der Waals surface area contributed by atoms with Crippen LogP contribution in [0.3, 0.4) is 0 Å². The molecule has 0 spiro atoms. The molecule has 0 aliphatic rings. The van der Waals surface area contributed by atoms with Crippen LogP contribution in [0.5, 0.6) is 5.75 Å². The van der Waals surface area contributed by atoms with Crippen molar-refractivity contribution in [2.75, 3.05) is 6.61 Å². The Morgan fingerprint density at radius 3 is 2.47 bits per heavy atom. The molecule has 0 radical (unpaired) electrons. The van der Waals surface area contributed by atoms with Crippen molar-refractivity contribution in [2.24, 2.45) is 5.73 Å². The zero-order valence-electron chi connectivity index (χ0n) is 9.30. The minimum absolute atomic E-state index is 0. The topological polar surface area (TPSA) is 72.5 Å². The van der Waals surface area contributed by atoms with Crippen molar-refractivity contribution in [1.29, 1.82) is 0 Å². The first-order valence-corrected chi connectivity index (χ1v) is 4.91. The SMILES string of the molecule is CCOC(=O)C(F)[C@H](N)c1ccc(O)cc1.Cl. The van der Waals surface area contributed by atoms with E-state index in [1.165, 1.54) is 24.3 Å². The second-order valence-electron chi connectivity index (χ2n) is 3.27. The summed E-state index contributed by atoms with van der Waals surface area (Å²) in [6.07, 6.45) is -1.90. The molecule has 0 fully saturated rings. The number of alkyl halides is 1. The molecule has 0 saturated carbocycles. The molecule has 1 rings (SSSR count). The summed E-state index contributed by atoms with van der Waals surface area (Å²) < 4.78 is 18.0. The number of ether oxygens (including phenoxy) is 1. The smallest absolute Gasteiger partial charge is 0.342 e. The summed E-state index contributed by atoms with van der Waals surface area (Å²) in [5.41, 5.74) is 5.99. The van der Waals surface area contributed by atoms with E-state index in [9.17, 15) is 9.18 Å². The van der Waals surface area contributed by atoms with Crippen LogP contribution in [0, 0.1) is 0 Å². The van der Waals surface area contributed by atoms with Gasteiger partial charge in [-0.2, -0.15) is 0 Å². The average Bonchev–Trinajstić information content (AvgIpc) is 2.28. The number of carbonyl (C=O) groups is 1. The van der Waals surface area contributed by atoms with Crippen LogP contribution in [0.4, 0.5) is 4.39 Å². The molecule has 0 heterocycles. The van der Waals surface area contributed by atoms with Crippen LogP contribution in [-0.2, 0) is 9.53 Å². The summed E-state index contributed by atoms with van der Waals surface area (Å²) in [6.45, 7) is 1.71. The summed E-state index contributed by atoms with van der Waals surface area (Å²) in [7, 11) is 0. The van der Waals surface area contributed by atoms with Gasteiger partial charge in [0.2, 0.25) is 6.17 Å². The lowest BCUT2D eigenvalue weighted by Crippen LogP contribution is -2.31. The lowest BCUT2D eigenvalue weighted by atomic mass is 10.0. The van der Waals surface area contributed by atoms with Gasteiger partial charge in [0, 0.05) is 0 Å². The summed E-state index contributed by atoms with van der Waals surface area (Å²) in [4.78, 5) is 11.1. The van der Waals surface area contributed by atoms with Gasteiger partial charge in [-0.05, 0) is 24.6 Å². The lowest BCUT2D eigenvalue weighted by molar-refractivity contribution is -0.149. The summed E-state index contributed by atoms with van der Waals surface area (Å²) in [6, 6.07) is 4.61. The third-order valence-corrected chi connectivity index (χ3v) is 2.11. The Morgan fingerprint density at radius 2 is 2.00 bits per heavy atom. The van der Waals surface area contributed by atoms with E-state index in [2.05, 4.69) is 4.74 Å². The highest BCUT2D eigenvalue weighted by Crippen LogP contribution is 2.20. The van der Waals surface area contributed by atoms with E-state index in [0.29, 0.717) is 5.56 Å². The number of carbonyl (C=O) groups excluding carboxylic acids is 1. The Hall–Kier alpha value is -1.33. The third-order valence-electron chi connectivity index (χ3n) is 2.11. The number of hydrogen-bond acceptors (Lipinski definition) is 4. The molecule has 0 bridgehead atoms. The minimum Gasteiger partial charge on any atom is -0.508 e. The van der Waals surface area contributed by atoms with Crippen LogP contribution in [0.15, 0.2) is 24.3 Å². The zero-order valence-corrected chi connectivity index (χ0v) is 10.1. The predicted molar refractivity (Wildman–Crippen MR) is 63.8 cm³/mol. The predicted octanol–water partition coefficient (Wildman–Crippen LogP) is 1.71. The lowest BCUT2D eigenvalue weighted by Gasteiger charge is -2.15. The number of benzene rings is 1. The number of aromatic hydroxyl groups is 1. The third kappa shape index (κ3) is 4.20. The second-order valence-corrected chi connectivity index (χ2v) is 3.27. The maximum Gasteiger partial charge on any atom is 0.342 e. The van der Waals surface area contributed by atoms with Crippen molar-refractivity contribution in [1.82, 2.24) is 0 Å². The van der Waals surface area contributed by atoms with Crippen molar-refractivity contribution < 1.29 is 19.0 Å². The highest BCUT2D eigenvalue weighted by molar-refractivity contribution is 5.85. The van der Waals surface area contributed by atoms with Crippen LogP contribution < -0.4 is 5.73 Å². The van der Waals surface area contributed by atoms with Crippen molar-refractivity contribution in [3.8, 4) is 5.75 Å². The fourth-order valence-electron chi connectivity index (χ4n) is 1.23. The van der Waals surface area contributed by atoms with Crippen LogP contribution in [0.25, 0.3) is 0 Å². The Morgan fingerprint density at radius 1 is 1.47 bits per heavy atom. The number of halogens is 2. The van der Waals surface area contributed by atoms with Crippen LogP contribution in [0.2, 0.25) is 0 Å². The zero-order chi connectivity index (χ0) is 12.1. The second kappa shape index (κ2) is 7.09. The van der Waals surface area contributed by atoms with Gasteiger partial charge in [0.25, 0.3) is 0 Å². The van der Waals surface area contributed by atoms with Crippen LogP contribution in [-0.4, -0.2) is 23.9 Å². The van der Waals surface area contributed by atoms with Gasteiger partial charge in [-0.1, -0.05) is 12.1 Å². The quantitative estimate of drug-likeness (QED) is 0.812. The number of esters is 1. The number of hydrogen-bond donors (Lipinski definition) is 2. The van der Waals surface area contributed by atoms with Gasteiger partial charge in [-0.15, -0.1) is 12.4 Å². The molecule has 4 nitrogen and oxygen atoms in total. The molecule has 0 amide bonds. The summed E-state index contributed by atoms with van der Waals surface area (Å²) >= 11 is 0. The highest BCUT2D eigenvalue weighted by atomic mass is 35.5. The van der Waals surface area contributed by atoms with Gasteiger partial charge in [-0.25, -0.2) is 9.18 Å². The van der Waals surface area contributed by atoms with Crippen molar-refractivity contribution >= 4 is 18.4 Å². The highest BCUT2D eigenvalue weighted by Gasteiger charge is 2.27. The normalized spacial score (nSPS) is 13.4. The molecule has 0 aliphatic heterocycles. The molecule has 1 aromatic rings. The molecule has 17 heavy (non-hydrogen) atoms. The average molecular weight is 264 g/mol. The fourth-order valence-corrected chi connectivity index (χ4v) is 1.23. The fraction of sp³-hybridized carbons (Fsp3) is 0.364. The van der Waals surface area contributed by atoms with E-state index in [-0.39, 0.29) is 24.8 Å². The molecule has 0 aliphatic carbocycles. The largest absolute Gasteiger partial charge is 0.508 e. The van der Waals surface area contributed by atoms with E-state index in [4.69, 9.17) is 10.8 Å². The molecule has 96 valence electrons. The van der Waals surface area contributed by atoms with Crippen LogP contribution in [0.1, 0.15) is 18.5 Å². The van der Waals surface area contributed by atoms with Gasteiger partial charge < -0.3 is 15.6 Å². The Balaban J connectivity index is 0.00000256. The number of rotatable bonds is 4. The molecule has 2 atom stereocenters. The van der Waals surface area contributed by atoms with Gasteiger partial charge in [-0.3, -0.25) is 0 Å². The number of phenolic OH excluding ortho intramolecular Hbond substituents is 1. The summed E-state index contributed by atoms with van der Waals surface area (Å²) in [5, 5.41) is 9.04. The van der Waals surface area contributed by atoms with Crippen LogP contribution >= 0.6 is 12.4 Å². The minimum atomic E-state index is -1.90. The first-order chi connectivity index (χ1) is 7.56. The van der Waals surface area contributed by atoms with Gasteiger partial charge in [0.15, 0.2) is 0 Å². The van der Waals surface area contributed by atoms with E-state index in [1.807, 2.05) is 0 Å². The first-order valence-electron chi connectivity index (χ1n) is 4.91. The van der Waals surface area contributed by atoms with E-state index < -0.39 is 18.2 Å². The van der Waals surface area contributed by atoms with Gasteiger partial charge in [0.05, 0.1) is 12.6 Å². The monoisotopic (exact) mass is 263 g/mol. The van der Waals surface area contributed by atoms with Gasteiger partial charge >= 0.3 is 5.97 Å². The maximum atomic E-state index is 13.5. The Labute approximate surface area is 105 Å².